The van der Waals surface area contributed by atoms with E-state index in [-0.39, 0.29) is 30.0 Å². The zero-order valence-electron chi connectivity index (χ0n) is 18.5. The van der Waals surface area contributed by atoms with E-state index in [0.29, 0.717) is 17.0 Å². The van der Waals surface area contributed by atoms with Gasteiger partial charge >= 0.3 is 0 Å². The Hall–Kier alpha value is -2.96. The van der Waals surface area contributed by atoms with E-state index in [1.54, 1.807) is 11.7 Å². The second-order valence-corrected chi connectivity index (χ2v) is 8.97. The first-order chi connectivity index (χ1) is 14.9. The lowest BCUT2D eigenvalue weighted by atomic mass is 9.83. The summed E-state index contributed by atoms with van der Waals surface area (Å²) in [6.45, 7) is 4.12. The summed E-state index contributed by atoms with van der Waals surface area (Å²) in [5, 5.41) is 7.60. The van der Waals surface area contributed by atoms with E-state index in [1.165, 1.54) is 54.8 Å². The van der Waals surface area contributed by atoms with E-state index in [4.69, 9.17) is 0 Å². The third kappa shape index (κ3) is 4.55. The number of benzene rings is 1. The fourth-order valence-electron chi connectivity index (χ4n) is 4.60. The average molecular weight is 422 g/mol. The zero-order valence-corrected chi connectivity index (χ0v) is 18.5. The van der Waals surface area contributed by atoms with Crippen LogP contribution in [0.1, 0.15) is 69.0 Å². The van der Waals surface area contributed by atoms with Gasteiger partial charge < -0.3 is 5.32 Å². The minimum Gasteiger partial charge on any atom is -0.347 e. The summed E-state index contributed by atoms with van der Waals surface area (Å²) < 4.78 is 2.88. The van der Waals surface area contributed by atoms with Gasteiger partial charge in [0.15, 0.2) is 5.65 Å². The first-order valence-corrected chi connectivity index (χ1v) is 11.2. The molecule has 31 heavy (non-hydrogen) atoms. The van der Waals surface area contributed by atoms with Gasteiger partial charge in [0.1, 0.15) is 18.3 Å². The predicted octanol–water partition coefficient (Wildman–Crippen LogP) is 3.69. The number of carbonyl (C=O) groups excluding carboxylic acids is 1. The van der Waals surface area contributed by atoms with Gasteiger partial charge in [-0.05, 0) is 35.8 Å². The third-order valence-electron chi connectivity index (χ3n) is 6.39. The Balaban J connectivity index is 1.47. The van der Waals surface area contributed by atoms with E-state index in [9.17, 15) is 9.59 Å². The van der Waals surface area contributed by atoms with Crippen LogP contribution in [-0.2, 0) is 18.4 Å². The summed E-state index contributed by atoms with van der Waals surface area (Å²) in [5.41, 5.74) is 2.75. The van der Waals surface area contributed by atoms with Crippen molar-refractivity contribution in [1.82, 2.24) is 24.6 Å². The number of carbonyl (C=O) groups is 1. The number of hydrogen-bond acceptors (Lipinski definition) is 4. The smallest absolute Gasteiger partial charge is 0.264 e. The number of rotatable bonds is 6. The van der Waals surface area contributed by atoms with Crippen LogP contribution in [0.2, 0.25) is 0 Å². The molecule has 1 aromatic carbocycles. The lowest BCUT2D eigenvalue weighted by Gasteiger charge is -2.25. The van der Waals surface area contributed by atoms with Crippen LogP contribution in [-0.4, -0.2) is 25.2 Å². The van der Waals surface area contributed by atoms with Gasteiger partial charge in [-0.15, -0.1) is 0 Å². The molecule has 1 aliphatic rings. The maximum absolute atomic E-state index is 12.8. The molecule has 4 rings (SSSR count). The van der Waals surface area contributed by atoms with Gasteiger partial charge in [0.2, 0.25) is 5.91 Å². The second-order valence-electron chi connectivity index (χ2n) is 8.97. The highest BCUT2D eigenvalue weighted by molar-refractivity contribution is 5.77. The Kier molecular flexibility index (Phi) is 6.20. The van der Waals surface area contributed by atoms with Gasteiger partial charge in [-0.2, -0.15) is 5.10 Å². The summed E-state index contributed by atoms with van der Waals surface area (Å²) in [5.74, 6) is 0.680. The van der Waals surface area contributed by atoms with Crippen LogP contribution < -0.4 is 10.9 Å². The Morgan fingerprint density at radius 2 is 1.87 bits per heavy atom. The molecular formula is C24H31N5O2. The summed E-state index contributed by atoms with van der Waals surface area (Å²) in [6.07, 6.45) is 9.43. The van der Waals surface area contributed by atoms with Crippen LogP contribution >= 0.6 is 0 Å². The number of nitrogens with zero attached hydrogens (tertiary/aromatic N) is 4. The Morgan fingerprint density at radius 1 is 1.16 bits per heavy atom. The molecule has 2 heterocycles. The van der Waals surface area contributed by atoms with Crippen molar-refractivity contribution < 1.29 is 4.79 Å². The summed E-state index contributed by atoms with van der Waals surface area (Å²) >= 11 is 0. The van der Waals surface area contributed by atoms with E-state index in [0.717, 1.165) is 5.56 Å². The molecule has 0 bridgehead atoms. The summed E-state index contributed by atoms with van der Waals surface area (Å²) in [4.78, 5) is 29.7. The number of aromatic nitrogens is 4. The molecule has 1 unspecified atom stereocenters. The van der Waals surface area contributed by atoms with Crippen LogP contribution in [0.3, 0.4) is 0 Å². The summed E-state index contributed by atoms with van der Waals surface area (Å²) in [7, 11) is 1.73. The normalized spacial score (nSPS) is 16.0. The quantitative estimate of drug-likeness (QED) is 0.658. The second kappa shape index (κ2) is 9.04. The number of hydrogen-bond donors (Lipinski definition) is 1. The Morgan fingerprint density at radius 3 is 2.55 bits per heavy atom. The molecular weight excluding hydrogens is 390 g/mol. The van der Waals surface area contributed by atoms with Crippen molar-refractivity contribution >= 4 is 16.9 Å². The molecule has 1 saturated carbocycles. The Labute approximate surface area is 182 Å². The predicted molar refractivity (Wildman–Crippen MR) is 121 cm³/mol. The van der Waals surface area contributed by atoms with E-state index in [1.807, 2.05) is 0 Å². The number of amides is 1. The molecule has 1 amide bonds. The first-order valence-electron chi connectivity index (χ1n) is 11.2. The van der Waals surface area contributed by atoms with Crippen molar-refractivity contribution in [3.05, 3.63) is 58.3 Å². The maximum Gasteiger partial charge on any atom is 0.264 e. The molecule has 1 aliphatic carbocycles. The molecule has 0 spiro atoms. The van der Waals surface area contributed by atoms with Crippen molar-refractivity contribution in [1.29, 1.82) is 0 Å². The minimum absolute atomic E-state index is 0.0694. The average Bonchev–Trinajstić information content (AvgIpc) is 3.16. The fourth-order valence-corrected chi connectivity index (χ4v) is 4.60. The molecule has 1 N–H and O–H groups in total. The highest BCUT2D eigenvalue weighted by atomic mass is 16.2. The number of nitrogens with one attached hydrogen (secondary N) is 1. The van der Waals surface area contributed by atoms with Crippen LogP contribution in [0.15, 0.2) is 41.6 Å². The SMILES string of the molecule is CC(C)C(NC(=O)Cn1cnc2c(cnn2C)c1=O)c1ccc(C2CCCCC2)cc1. The highest BCUT2D eigenvalue weighted by Crippen LogP contribution is 2.33. The lowest BCUT2D eigenvalue weighted by molar-refractivity contribution is -0.122. The molecule has 0 aliphatic heterocycles. The van der Waals surface area contributed by atoms with Crippen molar-refractivity contribution in [3.63, 3.8) is 0 Å². The van der Waals surface area contributed by atoms with Crippen molar-refractivity contribution in [2.75, 3.05) is 0 Å². The van der Waals surface area contributed by atoms with Crippen LogP contribution in [0.5, 0.6) is 0 Å². The minimum atomic E-state index is -0.258. The highest BCUT2D eigenvalue weighted by Gasteiger charge is 2.21. The van der Waals surface area contributed by atoms with Gasteiger partial charge in [-0.3, -0.25) is 18.8 Å². The molecule has 7 heteroatoms. The van der Waals surface area contributed by atoms with Crippen molar-refractivity contribution in [2.24, 2.45) is 13.0 Å². The van der Waals surface area contributed by atoms with Crippen LogP contribution in [0.25, 0.3) is 11.0 Å². The van der Waals surface area contributed by atoms with E-state index < -0.39 is 0 Å². The van der Waals surface area contributed by atoms with Crippen molar-refractivity contribution in [2.45, 2.75) is 64.5 Å². The molecule has 0 radical (unpaired) electrons. The van der Waals surface area contributed by atoms with Gasteiger partial charge in [0, 0.05) is 7.05 Å². The molecule has 1 atom stereocenters. The van der Waals surface area contributed by atoms with E-state index >= 15 is 0 Å². The fraction of sp³-hybridized carbons (Fsp3) is 0.500. The molecule has 3 aromatic rings. The first kappa shape index (κ1) is 21.3. The molecule has 0 saturated heterocycles. The van der Waals surface area contributed by atoms with Crippen LogP contribution in [0, 0.1) is 5.92 Å². The summed E-state index contributed by atoms with van der Waals surface area (Å²) in [6, 6.07) is 8.61. The van der Waals surface area contributed by atoms with Gasteiger partial charge in [-0.25, -0.2) is 4.98 Å². The Bertz CT molecular complexity index is 1110. The largest absolute Gasteiger partial charge is 0.347 e. The van der Waals surface area contributed by atoms with Gasteiger partial charge in [0.05, 0.1) is 12.2 Å². The molecule has 2 aromatic heterocycles. The topological polar surface area (TPSA) is 81.8 Å². The maximum atomic E-state index is 12.8. The molecule has 1 fully saturated rings. The van der Waals surface area contributed by atoms with E-state index in [2.05, 4.69) is 53.5 Å². The number of aryl methyl sites for hydroxylation is 1. The molecule has 7 nitrogen and oxygen atoms in total. The lowest BCUT2D eigenvalue weighted by Crippen LogP contribution is -2.36. The van der Waals surface area contributed by atoms with Crippen LogP contribution in [0.4, 0.5) is 0 Å². The van der Waals surface area contributed by atoms with Gasteiger partial charge in [0.25, 0.3) is 5.56 Å². The van der Waals surface area contributed by atoms with Crippen molar-refractivity contribution in [3.8, 4) is 0 Å². The molecule has 164 valence electrons. The van der Waals surface area contributed by atoms with Gasteiger partial charge in [-0.1, -0.05) is 57.4 Å². The monoisotopic (exact) mass is 421 g/mol. The third-order valence-corrected chi connectivity index (χ3v) is 6.39. The standard InChI is InChI=1S/C24H31N5O2/c1-16(2)22(19-11-9-18(10-12-19)17-7-5-4-6-8-17)27-21(30)14-29-15-25-23-20(24(29)31)13-26-28(23)3/h9-13,15-17,22H,4-8,14H2,1-3H3,(H,27,30). The number of fused-ring (bicyclic) bond motifs is 1. The zero-order chi connectivity index (χ0) is 22.0.